The van der Waals surface area contributed by atoms with E-state index in [1.165, 1.54) is 17.5 Å². The number of nitrogens with zero attached hydrogens (tertiary/aromatic N) is 3. The van der Waals surface area contributed by atoms with E-state index in [1.54, 1.807) is 30.4 Å². The second kappa shape index (κ2) is 8.71. The van der Waals surface area contributed by atoms with Crippen LogP contribution in [0.4, 0.5) is 18.9 Å². The van der Waals surface area contributed by atoms with Crippen LogP contribution >= 0.6 is 11.3 Å². The maximum Gasteiger partial charge on any atom is 0.416 e. The lowest BCUT2D eigenvalue weighted by Gasteiger charge is -2.11. The minimum absolute atomic E-state index is 0.112. The molecule has 0 radical (unpaired) electrons. The van der Waals surface area contributed by atoms with E-state index < -0.39 is 26.7 Å². The van der Waals surface area contributed by atoms with Crippen LogP contribution in [0.5, 0.6) is 0 Å². The molecule has 12 heteroatoms. The summed E-state index contributed by atoms with van der Waals surface area (Å²) in [5.74, 6) is -0.112. The van der Waals surface area contributed by atoms with Crippen LogP contribution in [0, 0.1) is 0 Å². The Morgan fingerprint density at radius 3 is 2.44 bits per heavy atom. The Kier molecular flexibility index (Phi) is 5.80. The van der Waals surface area contributed by atoms with Gasteiger partial charge in [-0.05, 0) is 42.5 Å². The molecule has 0 bridgehead atoms. The molecule has 7 nitrogen and oxygen atoms in total. The predicted molar refractivity (Wildman–Crippen MR) is 129 cm³/mol. The molecule has 4 heterocycles. The lowest BCUT2D eigenvalue weighted by molar-refractivity contribution is -0.137. The van der Waals surface area contributed by atoms with E-state index in [0.717, 1.165) is 39.1 Å². The van der Waals surface area contributed by atoms with E-state index in [9.17, 15) is 26.4 Å². The van der Waals surface area contributed by atoms with Crippen LogP contribution in [-0.4, -0.2) is 36.2 Å². The maximum atomic E-state index is 13.0. The van der Waals surface area contributed by atoms with Crippen LogP contribution in [0.15, 0.2) is 72.0 Å². The van der Waals surface area contributed by atoms with Gasteiger partial charge in [-0.25, -0.2) is 8.42 Å². The van der Waals surface area contributed by atoms with Gasteiger partial charge < -0.3 is 4.90 Å². The molecule has 3 aromatic heterocycles. The Bertz CT molecular complexity index is 1600. The molecular formula is C24H17F3N4O3S2. The number of fused-ring (bicyclic) bond motifs is 1. The molecule has 0 fully saturated rings. The molecule has 5 rings (SSSR count). The zero-order valence-electron chi connectivity index (χ0n) is 18.6. The van der Waals surface area contributed by atoms with Gasteiger partial charge >= 0.3 is 6.18 Å². The molecule has 1 N–H and O–H groups in total. The van der Waals surface area contributed by atoms with E-state index in [0.29, 0.717) is 23.9 Å². The number of carbonyl (C=O) groups excluding carboxylic acids is 1. The minimum Gasteiger partial charge on any atom is -0.336 e. The van der Waals surface area contributed by atoms with Gasteiger partial charge in [0.05, 0.1) is 22.3 Å². The lowest BCUT2D eigenvalue weighted by Crippen LogP contribution is -2.18. The fourth-order valence-corrected chi connectivity index (χ4v) is 5.85. The second-order valence-electron chi connectivity index (χ2n) is 8.15. The molecule has 36 heavy (non-hydrogen) atoms. The van der Waals surface area contributed by atoms with Gasteiger partial charge in [-0.1, -0.05) is 6.07 Å². The second-order valence-corrected chi connectivity index (χ2v) is 10.9. The minimum atomic E-state index is -4.66. The highest BCUT2D eigenvalue weighted by Gasteiger charge is 2.32. The number of anilines is 1. The van der Waals surface area contributed by atoms with Crippen LogP contribution in [0.1, 0.15) is 21.6 Å². The van der Waals surface area contributed by atoms with E-state index in [1.807, 2.05) is 18.2 Å². The number of pyridine rings is 2. The van der Waals surface area contributed by atoms with Crippen LogP contribution in [0.3, 0.4) is 0 Å². The van der Waals surface area contributed by atoms with Crippen molar-refractivity contribution in [3.63, 3.8) is 0 Å². The summed E-state index contributed by atoms with van der Waals surface area (Å²) in [4.78, 5) is 23.3. The van der Waals surface area contributed by atoms with Crippen LogP contribution in [0.25, 0.3) is 20.9 Å². The number of alkyl halides is 3. The highest BCUT2D eigenvalue weighted by molar-refractivity contribution is 7.92. The highest BCUT2D eigenvalue weighted by Crippen LogP contribution is 2.36. The molecule has 0 unspecified atom stereocenters. The molecule has 4 aromatic rings. The maximum absolute atomic E-state index is 13.0. The Balaban J connectivity index is 1.39. The summed E-state index contributed by atoms with van der Waals surface area (Å²) >= 11 is 1.43. The van der Waals surface area contributed by atoms with E-state index in [4.69, 9.17) is 0 Å². The van der Waals surface area contributed by atoms with E-state index in [-0.39, 0.29) is 11.6 Å². The molecule has 0 spiro atoms. The van der Waals surface area contributed by atoms with Crippen molar-refractivity contribution in [2.24, 2.45) is 0 Å². The smallest absolute Gasteiger partial charge is 0.336 e. The highest BCUT2D eigenvalue weighted by atomic mass is 32.2. The first-order chi connectivity index (χ1) is 17.0. The monoisotopic (exact) mass is 530 g/mol. The van der Waals surface area contributed by atoms with Crippen LogP contribution < -0.4 is 4.72 Å². The summed E-state index contributed by atoms with van der Waals surface area (Å²) < 4.78 is 66.7. The summed E-state index contributed by atoms with van der Waals surface area (Å²) in [7, 11) is -2.56. The third-order valence-corrected chi connectivity index (χ3v) is 8.12. The Morgan fingerprint density at radius 2 is 1.72 bits per heavy atom. The van der Waals surface area contributed by atoms with Crippen molar-refractivity contribution in [1.82, 2.24) is 14.9 Å². The number of hydrogen-bond acceptors (Lipinski definition) is 6. The largest absolute Gasteiger partial charge is 0.416 e. The summed E-state index contributed by atoms with van der Waals surface area (Å²) in [6.07, 6.45) is -0.180. The molecule has 0 aliphatic carbocycles. The molecule has 0 saturated carbocycles. The molecule has 0 saturated heterocycles. The zero-order valence-corrected chi connectivity index (χ0v) is 20.2. The van der Waals surface area contributed by atoms with Crippen molar-refractivity contribution in [3.8, 4) is 20.9 Å². The number of benzene rings is 1. The average Bonchev–Trinajstić information content (AvgIpc) is 3.43. The third-order valence-electron chi connectivity index (χ3n) is 5.56. The van der Waals surface area contributed by atoms with Gasteiger partial charge in [0, 0.05) is 52.4 Å². The third kappa shape index (κ3) is 4.56. The number of carbonyl (C=O) groups is 1. The lowest BCUT2D eigenvalue weighted by atomic mass is 10.1. The van der Waals surface area contributed by atoms with Gasteiger partial charge in [-0.3, -0.25) is 19.5 Å². The molecule has 1 amide bonds. The van der Waals surface area contributed by atoms with Crippen molar-refractivity contribution in [1.29, 1.82) is 0 Å². The van der Waals surface area contributed by atoms with Gasteiger partial charge in [0.25, 0.3) is 15.9 Å². The molecule has 1 aromatic carbocycles. The van der Waals surface area contributed by atoms with Gasteiger partial charge in [0.1, 0.15) is 5.69 Å². The Morgan fingerprint density at radius 1 is 1.00 bits per heavy atom. The standard InChI is InChI=1S/C24H17F3N4O3S2/c1-31-13-16-7-14(11-29-22(16)23(31)32)20-5-6-21(35-20)15-8-18(12-28-10-15)30-36(33,34)19-4-2-3-17(9-19)24(25,26)27/h2-12,30H,13H2,1H3. The number of rotatable bonds is 5. The van der Waals surface area contributed by atoms with Crippen molar-refractivity contribution in [2.45, 2.75) is 17.6 Å². The molecule has 184 valence electrons. The average molecular weight is 531 g/mol. The topological polar surface area (TPSA) is 92.3 Å². The van der Waals surface area contributed by atoms with Gasteiger partial charge in [-0.2, -0.15) is 13.2 Å². The van der Waals surface area contributed by atoms with Crippen molar-refractivity contribution in [2.75, 3.05) is 11.8 Å². The molecule has 1 aliphatic rings. The van der Waals surface area contributed by atoms with E-state index in [2.05, 4.69) is 14.7 Å². The van der Waals surface area contributed by atoms with Crippen LogP contribution in [0.2, 0.25) is 0 Å². The fraction of sp³-hybridized carbons (Fsp3) is 0.125. The number of thiophene rings is 1. The molecule has 0 atom stereocenters. The van der Waals surface area contributed by atoms with Crippen LogP contribution in [-0.2, 0) is 22.7 Å². The normalized spacial score (nSPS) is 13.7. The van der Waals surface area contributed by atoms with Gasteiger partial charge in [0.2, 0.25) is 0 Å². The number of hydrogen-bond donors (Lipinski definition) is 1. The summed E-state index contributed by atoms with van der Waals surface area (Å²) in [6, 6.07) is 10.8. The predicted octanol–water partition coefficient (Wildman–Crippen LogP) is 5.28. The first-order valence-electron chi connectivity index (χ1n) is 10.5. The first kappa shape index (κ1) is 23.9. The zero-order chi connectivity index (χ0) is 25.7. The number of sulfonamides is 1. The quantitative estimate of drug-likeness (QED) is 0.379. The first-order valence-corrected chi connectivity index (χ1v) is 12.8. The van der Waals surface area contributed by atoms with Crippen molar-refractivity contribution >= 4 is 33.0 Å². The van der Waals surface area contributed by atoms with E-state index >= 15 is 0 Å². The number of amides is 1. The Labute approximate surface area is 208 Å². The van der Waals surface area contributed by atoms with Crippen molar-refractivity contribution < 1.29 is 26.4 Å². The number of halogens is 3. The summed E-state index contributed by atoms with van der Waals surface area (Å²) in [5.41, 5.74) is 1.83. The van der Waals surface area contributed by atoms with Gasteiger partial charge in [-0.15, -0.1) is 11.3 Å². The van der Waals surface area contributed by atoms with Crippen molar-refractivity contribution in [3.05, 3.63) is 83.9 Å². The fourth-order valence-electron chi connectivity index (χ4n) is 3.80. The number of nitrogens with one attached hydrogen (secondary N) is 1. The molecule has 1 aliphatic heterocycles. The summed E-state index contributed by atoms with van der Waals surface area (Å²) in [5, 5.41) is 0. The summed E-state index contributed by atoms with van der Waals surface area (Å²) in [6.45, 7) is 0.491. The SMILES string of the molecule is CN1Cc2cc(-c3ccc(-c4cncc(NS(=O)(=O)c5cccc(C(F)(F)F)c5)c4)s3)cnc2C1=O. The number of aromatic nitrogens is 2. The molecular weight excluding hydrogens is 513 g/mol. The van der Waals surface area contributed by atoms with Gasteiger partial charge in [0.15, 0.2) is 0 Å². The Hall–Kier alpha value is -3.77.